The van der Waals surface area contributed by atoms with Crippen molar-refractivity contribution >= 4 is 44.6 Å². The van der Waals surface area contributed by atoms with Gasteiger partial charge in [-0.2, -0.15) is 0 Å². The van der Waals surface area contributed by atoms with Crippen molar-refractivity contribution in [1.82, 2.24) is 0 Å². The van der Waals surface area contributed by atoms with E-state index < -0.39 is 0 Å². The Morgan fingerprint density at radius 2 is 1.07 bits per heavy atom. The van der Waals surface area contributed by atoms with Gasteiger partial charge in [0.2, 0.25) is 0 Å². The minimum Gasteiger partial charge on any atom is -0.311 e. The highest BCUT2D eigenvalue weighted by molar-refractivity contribution is 9.10. The van der Waals surface area contributed by atoms with E-state index in [0.717, 1.165) is 37.7 Å². The third kappa shape index (κ3) is 4.08. The van der Waals surface area contributed by atoms with Gasteiger partial charge in [0.25, 0.3) is 0 Å². The largest absolute Gasteiger partial charge is 0.311 e. The van der Waals surface area contributed by atoms with Crippen LogP contribution in [0.15, 0.2) is 108 Å². The van der Waals surface area contributed by atoms with Crippen molar-refractivity contribution in [2.45, 2.75) is 0 Å². The van der Waals surface area contributed by atoms with Crippen molar-refractivity contribution in [3.05, 3.63) is 113 Å². The fraction of sp³-hybridized carbons (Fsp3) is 0. The number of anilines is 3. The van der Waals surface area contributed by atoms with E-state index in [1.165, 1.54) is 0 Å². The van der Waals surface area contributed by atoms with Crippen LogP contribution in [0.2, 0.25) is 5.02 Å². The summed E-state index contributed by atoms with van der Waals surface area (Å²) in [6, 6.07) is 35.3. The first-order valence-corrected chi connectivity index (χ1v) is 9.84. The van der Waals surface area contributed by atoms with Gasteiger partial charge in [-0.05, 0) is 65.7 Å². The summed E-state index contributed by atoms with van der Waals surface area (Å²) >= 11 is 9.72. The first-order valence-electron chi connectivity index (χ1n) is 8.67. The highest BCUT2D eigenvalue weighted by Crippen LogP contribution is 2.35. The molecular formula is C24H17BrClN. The third-order valence-electron chi connectivity index (χ3n) is 4.35. The van der Waals surface area contributed by atoms with E-state index in [0.29, 0.717) is 0 Å². The molecular weight excluding hydrogens is 418 g/mol. The minimum atomic E-state index is 0.721. The van der Waals surface area contributed by atoms with Crippen molar-refractivity contribution in [1.29, 1.82) is 0 Å². The van der Waals surface area contributed by atoms with Crippen molar-refractivity contribution in [2.75, 3.05) is 4.90 Å². The number of nitrogens with zero attached hydrogens (tertiary/aromatic N) is 1. The molecule has 0 heterocycles. The highest BCUT2D eigenvalue weighted by Gasteiger charge is 2.12. The molecule has 0 spiro atoms. The van der Waals surface area contributed by atoms with Crippen LogP contribution < -0.4 is 4.90 Å². The second-order valence-corrected chi connectivity index (χ2v) is 7.56. The zero-order valence-electron chi connectivity index (χ0n) is 14.5. The highest BCUT2D eigenvalue weighted by atomic mass is 79.9. The Morgan fingerprint density at radius 1 is 0.556 bits per heavy atom. The van der Waals surface area contributed by atoms with E-state index >= 15 is 0 Å². The van der Waals surface area contributed by atoms with E-state index in [9.17, 15) is 0 Å². The quantitative estimate of drug-likeness (QED) is 0.312. The SMILES string of the molecule is Clc1cc(Br)cc(-c2ccc(N(c3ccccc3)c3ccccc3)cc2)c1. The number of hydrogen-bond acceptors (Lipinski definition) is 1. The van der Waals surface area contributed by atoms with Gasteiger partial charge in [0.15, 0.2) is 0 Å². The van der Waals surface area contributed by atoms with E-state index in [1.807, 2.05) is 24.3 Å². The van der Waals surface area contributed by atoms with Gasteiger partial charge in [0, 0.05) is 26.6 Å². The van der Waals surface area contributed by atoms with Gasteiger partial charge in [-0.1, -0.05) is 76.1 Å². The van der Waals surface area contributed by atoms with Gasteiger partial charge in [0.05, 0.1) is 0 Å². The fourth-order valence-corrected chi connectivity index (χ4v) is 3.98. The number of halogens is 2. The number of benzene rings is 4. The molecule has 0 fully saturated rings. The Morgan fingerprint density at radius 3 is 1.59 bits per heavy atom. The summed E-state index contributed by atoms with van der Waals surface area (Å²) < 4.78 is 0.976. The van der Waals surface area contributed by atoms with Crippen LogP contribution in [-0.2, 0) is 0 Å². The third-order valence-corrected chi connectivity index (χ3v) is 5.03. The summed E-state index contributed by atoms with van der Waals surface area (Å²) in [6.07, 6.45) is 0. The minimum absolute atomic E-state index is 0.721. The smallest absolute Gasteiger partial charge is 0.0462 e. The predicted molar refractivity (Wildman–Crippen MR) is 119 cm³/mol. The van der Waals surface area contributed by atoms with Crippen LogP contribution in [0.5, 0.6) is 0 Å². The first kappa shape index (κ1) is 17.8. The van der Waals surface area contributed by atoms with Crippen LogP contribution >= 0.6 is 27.5 Å². The molecule has 0 amide bonds. The number of rotatable bonds is 4. The van der Waals surface area contributed by atoms with Gasteiger partial charge in [-0.25, -0.2) is 0 Å². The predicted octanol–water partition coefficient (Wildman–Crippen LogP) is 8.24. The van der Waals surface area contributed by atoms with Crippen molar-refractivity contribution in [3.8, 4) is 11.1 Å². The van der Waals surface area contributed by atoms with Crippen LogP contribution in [0.4, 0.5) is 17.1 Å². The van der Waals surface area contributed by atoms with Crippen LogP contribution in [0, 0.1) is 0 Å². The topological polar surface area (TPSA) is 3.24 Å². The molecule has 0 radical (unpaired) electrons. The van der Waals surface area contributed by atoms with Gasteiger partial charge in [-0.15, -0.1) is 0 Å². The molecule has 0 aliphatic heterocycles. The number of hydrogen-bond donors (Lipinski definition) is 0. The maximum absolute atomic E-state index is 6.20. The van der Waals surface area contributed by atoms with E-state index in [2.05, 4.69) is 99.7 Å². The van der Waals surface area contributed by atoms with E-state index in [4.69, 9.17) is 11.6 Å². The van der Waals surface area contributed by atoms with E-state index in [-0.39, 0.29) is 0 Å². The summed E-state index contributed by atoms with van der Waals surface area (Å²) in [5, 5.41) is 0.721. The molecule has 0 saturated heterocycles. The van der Waals surface area contributed by atoms with Gasteiger partial charge in [-0.3, -0.25) is 0 Å². The Hall–Kier alpha value is -2.55. The molecule has 0 unspecified atom stereocenters. The molecule has 27 heavy (non-hydrogen) atoms. The Kier molecular flexibility index (Phi) is 5.28. The monoisotopic (exact) mass is 433 g/mol. The summed E-state index contributed by atoms with van der Waals surface area (Å²) in [7, 11) is 0. The Bertz CT molecular complexity index is 971. The Labute approximate surface area is 173 Å². The molecule has 4 aromatic carbocycles. The second-order valence-electron chi connectivity index (χ2n) is 6.21. The lowest BCUT2D eigenvalue weighted by molar-refractivity contribution is 1.28. The zero-order valence-corrected chi connectivity index (χ0v) is 16.9. The Balaban J connectivity index is 1.75. The van der Waals surface area contributed by atoms with Gasteiger partial charge in [0.1, 0.15) is 0 Å². The fourth-order valence-electron chi connectivity index (χ4n) is 3.12. The molecule has 132 valence electrons. The summed E-state index contributed by atoms with van der Waals surface area (Å²) in [5.74, 6) is 0. The molecule has 1 nitrogen and oxygen atoms in total. The lowest BCUT2D eigenvalue weighted by Crippen LogP contribution is -2.09. The molecule has 3 heteroatoms. The van der Waals surface area contributed by atoms with Gasteiger partial charge < -0.3 is 4.90 Å². The second kappa shape index (κ2) is 7.99. The molecule has 0 saturated carbocycles. The molecule has 4 rings (SSSR count). The molecule has 4 aromatic rings. The average Bonchev–Trinajstić information content (AvgIpc) is 2.70. The summed E-state index contributed by atoms with van der Waals surface area (Å²) in [6.45, 7) is 0. The average molecular weight is 435 g/mol. The number of para-hydroxylation sites is 2. The van der Waals surface area contributed by atoms with Crippen molar-refractivity contribution < 1.29 is 0 Å². The lowest BCUT2D eigenvalue weighted by Gasteiger charge is -2.25. The normalized spacial score (nSPS) is 10.6. The molecule has 0 aliphatic rings. The van der Waals surface area contributed by atoms with E-state index in [1.54, 1.807) is 0 Å². The van der Waals surface area contributed by atoms with Crippen molar-refractivity contribution in [2.24, 2.45) is 0 Å². The molecule has 0 aromatic heterocycles. The molecule has 0 N–H and O–H groups in total. The maximum atomic E-state index is 6.20. The van der Waals surface area contributed by atoms with Crippen molar-refractivity contribution in [3.63, 3.8) is 0 Å². The standard InChI is InChI=1S/C24H17BrClN/c25-20-15-19(16-21(26)17-20)18-11-13-24(14-12-18)27(22-7-3-1-4-8-22)23-9-5-2-6-10-23/h1-17H. The summed E-state index contributed by atoms with van der Waals surface area (Å²) in [4.78, 5) is 2.25. The maximum Gasteiger partial charge on any atom is 0.0462 e. The molecule has 0 aliphatic carbocycles. The molecule has 0 bridgehead atoms. The van der Waals surface area contributed by atoms with Crippen LogP contribution in [0.1, 0.15) is 0 Å². The zero-order chi connectivity index (χ0) is 18.6. The van der Waals surface area contributed by atoms with Crippen LogP contribution in [-0.4, -0.2) is 0 Å². The summed E-state index contributed by atoms with van der Waals surface area (Å²) in [5.41, 5.74) is 5.58. The van der Waals surface area contributed by atoms with Crippen LogP contribution in [0.25, 0.3) is 11.1 Å². The first-order chi connectivity index (χ1) is 13.2. The van der Waals surface area contributed by atoms with Crippen LogP contribution in [0.3, 0.4) is 0 Å². The van der Waals surface area contributed by atoms with Gasteiger partial charge >= 0.3 is 0 Å². The lowest BCUT2D eigenvalue weighted by atomic mass is 10.0. The molecule has 0 atom stereocenters.